The Morgan fingerprint density at radius 3 is 2.17 bits per heavy atom. The molecule has 12 heavy (non-hydrogen) atoms. The lowest BCUT2D eigenvalue weighted by Gasteiger charge is -2.36. The summed E-state index contributed by atoms with van der Waals surface area (Å²) in [4.78, 5) is 0. The van der Waals surface area contributed by atoms with Gasteiger partial charge in [0, 0.05) is 12.5 Å². The summed E-state index contributed by atoms with van der Waals surface area (Å²) in [7, 11) is 1.06. The number of rotatable bonds is 4. The second-order valence-electron chi connectivity index (χ2n) is 4.25. The quantitative estimate of drug-likeness (QED) is 0.478. The lowest BCUT2D eigenvalue weighted by molar-refractivity contribution is 0.364. The van der Waals surface area contributed by atoms with Gasteiger partial charge >= 0.3 is 0 Å². The molecule has 0 aliphatic heterocycles. The van der Waals surface area contributed by atoms with E-state index >= 15 is 0 Å². The first-order valence-electron chi connectivity index (χ1n) is 4.59. The van der Waals surface area contributed by atoms with Gasteiger partial charge in [-0.15, -0.1) is 12.3 Å². The molecule has 0 radical (unpaired) electrons. The first-order chi connectivity index (χ1) is 5.43. The average molecular weight is 183 g/mol. The molecule has 0 fully saturated rings. The van der Waals surface area contributed by atoms with Crippen LogP contribution in [0.25, 0.3) is 0 Å². The van der Waals surface area contributed by atoms with Gasteiger partial charge in [-0.25, -0.2) is 0 Å². The molecule has 0 amide bonds. The van der Waals surface area contributed by atoms with Crippen molar-refractivity contribution in [1.29, 1.82) is 0 Å². The van der Waals surface area contributed by atoms with Crippen LogP contribution in [-0.4, -0.2) is 25.9 Å². The minimum Gasteiger partial charge on any atom is -0.323 e. The molecule has 70 valence electrons. The Morgan fingerprint density at radius 2 is 1.92 bits per heavy atom. The second kappa shape index (κ2) is 4.69. The molecule has 0 aromatic rings. The van der Waals surface area contributed by atoms with Crippen LogP contribution in [0.2, 0.25) is 19.6 Å². The van der Waals surface area contributed by atoms with Crippen molar-refractivity contribution in [3.63, 3.8) is 0 Å². The molecule has 0 bridgehead atoms. The van der Waals surface area contributed by atoms with Gasteiger partial charge in [-0.05, 0) is 13.5 Å². The summed E-state index contributed by atoms with van der Waals surface area (Å²) >= 11 is 0. The Hall–Kier alpha value is -0.263. The third-order valence-electron chi connectivity index (χ3n) is 2.43. The van der Waals surface area contributed by atoms with Crippen molar-refractivity contribution < 1.29 is 0 Å². The number of terminal acetylenes is 1. The van der Waals surface area contributed by atoms with Crippen LogP contribution < -0.4 is 0 Å². The standard InChI is InChI=1S/C10H21NSi/c1-7-9-10(8-2)11(3)12(4,5)6/h1,10H,8-9H2,2-6H3. The molecule has 1 unspecified atom stereocenters. The summed E-state index contributed by atoms with van der Waals surface area (Å²) in [5.41, 5.74) is 0. The van der Waals surface area contributed by atoms with Crippen LogP contribution in [0.3, 0.4) is 0 Å². The van der Waals surface area contributed by atoms with E-state index in [1.165, 1.54) is 0 Å². The van der Waals surface area contributed by atoms with Gasteiger partial charge in [0.1, 0.15) is 8.24 Å². The summed E-state index contributed by atoms with van der Waals surface area (Å²) < 4.78 is 2.49. The van der Waals surface area contributed by atoms with Gasteiger partial charge in [0.2, 0.25) is 0 Å². The normalized spacial score (nSPS) is 14.4. The van der Waals surface area contributed by atoms with E-state index in [0.29, 0.717) is 6.04 Å². The maximum Gasteiger partial charge on any atom is 0.119 e. The topological polar surface area (TPSA) is 3.24 Å². The molecular weight excluding hydrogens is 162 g/mol. The van der Waals surface area contributed by atoms with Gasteiger partial charge in [-0.2, -0.15) is 0 Å². The molecule has 1 atom stereocenters. The Labute approximate surface area is 78.2 Å². The van der Waals surface area contributed by atoms with Crippen molar-refractivity contribution >= 4 is 8.24 Å². The smallest absolute Gasteiger partial charge is 0.119 e. The summed E-state index contributed by atoms with van der Waals surface area (Å²) in [6.07, 6.45) is 7.37. The molecule has 0 saturated carbocycles. The first kappa shape index (κ1) is 11.7. The fraction of sp³-hybridized carbons (Fsp3) is 0.800. The molecule has 0 aromatic carbocycles. The summed E-state index contributed by atoms with van der Waals surface area (Å²) in [5, 5.41) is 0. The maximum atomic E-state index is 5.32. The Balaban J connectivity index is 4.23. The van der Waals surface area contributed by atoms with Crippen molar-refractivity contribution in [2.24, 2.45) is 0 Å². The van der Waals surface area contributed by atoms with Crippen LogP contribution in [0.5, 0.6) is 0 Å². The van der Waals surface area contributed by atoms with Crippen LogP contribution in [0, 0.1) is 12.3 Å². The van der Waals surface area contributed by atoms with Gasteiger partial charge < -0.3 is 4.57 Å². The molecule has 2 heteroatoms. The molecular formula is C10H21NSi. The van der Waals surface area contributed by atoms with Gasteiger partial charge in [0.15, 0.2) is 0 Å². The highest BCUT2D eigenvalue weighted by Crippen LogP contribution is 2.15. The van der Waals surface area contributed by atoms with Gasteiger partial charge in [0.25, 0.3) is 0 Å². The van der Waals surface area contributed by atoms with Crippen molar-refractivity contribution in [3.8, 4) is 12.3 Å². The highest BCUT2D eigenvalue weighted by molar-refractivity contribution is 6.73. The van der Waals surface area contributed by atoms with Crippen LogP contribution in [0.15, 0.2) is 0 Å². The number of hydrogen-bond acceptors (Lipinski definition) is 1. The molecule has 0 spiro atoms. The van der Waals surface area contributed by atoms with Crippen LogP contribution in [-0.2, 0) is 0 Å². The van der Waals surface area contributed by atoms with E-state index in [0.717, 1.165) is 12.8 Å². The molecule has 0 aromatic heterocycles. The molecule has 0 rings (SSSR count). The third kappa shape index (κ3) is 3.42. The Kier molecular flexibility index (Phi) is 4.58. The zero-order chi connectivity index (χ0) is 9.78. The van der Waals surface area contributed by atoms with E-state index in [1.54, 1.807) is 0 Å². The predicted molar refractivity (Wildman–Crippen MR) is 58.6 cm³/mol. The van der Waals surface area contributed by atoms with E-state index < -0.39 is 8.24 Å². The van der Waals surface area contributed by atoms with Crippen molar-refractivity contribution in [2.75, 3.05) is 7.05 Å². The zero-order valence-electron chi connectivity index (χ0n) is 9.02. The average Bonchev–Trinajstić information content (AvgIpc) is 1.97. The van der Waals surface area contributed by atoms with Gasteiger partial charge in [-0.1, -0.05) is 26.6 Å². The lowest BCUT2D eigenvalue weighted by Crippen LogP contribution is -2.48. The molecule has 0 saturated heterocycles. The fourth-order valence-electron chi connectivity index (χ4n) is 1.24. The van der Waals surface area contributed by atoms with Crippen LogP contribution in [0.1, 0.15) is 19.8 Å². The number of nitrogens with zero attached hydrogens (tertiary/aromatic N) is 1. The fourth-order valence-corrected chi connectivity index (χ4v) is 2.61. The van der Waals surface area contributed by atoms with Crippen molar-refractivity contribution in [2.45, 2.75) is 45.4 Å². The SMILES string of the molecule is C#CCC(CC)N(C)[Si](C)(C)C. The van der Waals surface area contributed by atoms with E-state index in [2.05, 4.69) is 44.1 Å². The summed E-state index contributed by atoms with van der Waals surface area (Å²) in [5.74, 6) is 2.75. The first-order valence-corrected chi connectivity index (χ1v) is 8.04. The molecule has 0 N–H and O–H groups in total. The lowest BCUT2D eigenvalue weighted by atomic mass is 10.2. The Morgan fingerprint density at radius 1 is 1.42 bits per heavy atom. The van der Waals surface area contributed by atoms with E-state index in [-0.39, 0.29) is 0 Å². The third-order valence-corrected chi connectivity index (χ3v) is 4.91. The summed E-state index contributed by atoms with van der Waals surface area (Å²) in [6, 6.07) is 0.585. The van der Waals surface area contributed by atoms with Gasteiger partial charge in [0.05, 0.1) is 0 Å². The zero-order valence-corrected chi connectivity index (χ0v) is 10.0. The van der Waals surface area contributed by atoms with Gasteiger partial charge in [-0.3, -0.25) is 0 Å². The predicted octanol–water partition coefficient (Wildman–Crippen LogP) is 2.56. The molecule has 0 aliphatic rings. The summed E-state index contributed by atoms with van der Waals surface area (Å²) in [6.45, 7) is 9.27. The second-order valence-corrected chi connectivity index (χ2v) is 9.30. The minimum atomic E-state index is -1.14. The minimum absolute atomic E-state index is 0.585. The van der Waals surface area contributed by atoms with E-state index in [9.17, 15) is 0 Å². The van der Waals surface area contributed by atoms with Crippen LogP contribution >= 0.6 is 0 Å². The molecule has 0 aliphatic carbocycles. The Bertz CT molecular complexity index is 164. The monoisotopic (exact) mass is 183 g/mol. The van der Waals surface area contributed by atoms with Crippen LogP contribution in [0.4, 0.5) is 0 Å². The molecule has 1 nitrogen and oxygen atoms in total. The highest BCUT2D eigenvalue weighted by Gasteiger charge is 2.25. The van der Waals surface area contributed by atoms with E-state index in [1.807, 2.05) is 0 Å². The molecule has 0 heterocycles. The largest absolute Gasteiger partial charge is 0.323 e. The highest BCUT2D eigenvalue weighted by atomic mass is 28.3. The van der Waals surface area contributed by atoms with Crippen molar-refractivity contribution in [3.05, 3.63) is 0 Å². The number of hydrogen-bond donors (Lipinski definition) is 0. The van der Waals surface area contributed by atoms with Crippen molar-refractivity contribution in [1.82, 2.24) is 4.57 Å². The van der Waals surface area contributed by atoms with E-state index in [4.69, 9.17) is 6.42 Å². The maximum absolute atomic E-state index is 5.32.